The van der Waals surface area contributed by atoms with E-state index in [0.717, 1.165) is 4.90 Å². The number of benzene rings is 1. The monoisotopic (exact) mass is 313 g/mol. The number of hydrogen-bond donors (Lipinski definition) is 3. The molecule has 0 saturated carbocycles. The van der Waals surface area contributed by atoms with E-state index in [0.29, 0.717) is 22.0 Å². The number of carbonyl (C=O) groups is 1. The summed E-state index contributed by atoms with van der Waals surface area (Å²) in [6.07, 6.45) is 1.40. The zero-order valence-corrected chi connectivity index (χ0v) is 12.1. The van der Waals surface area contributed by atoms with Crippen LogP contribution in [0.4, 0.5) is 5.69 Å². The molecule has 106 valence electrons. The van der Waals surface area contributed by atoms with Crippen molar-refractivity contribution in [3.05, 3.63) is 46.7 Å². The molecule has 4 N–H and O–H groups in total. The van der Waals surface area contributed by atoms with Gasteiger partial charge in [0.15, 0.2) is 5.96 Å². The second kappa shape index (κ2) is 6.40. The van der Waals surface area contributed by atoms with Crippen molar-refractivity contribution in [1.82, 2.24) is 10.2 Å². The molecular weight excluding hydrogens is 301 g/mol. The molecule has 0 aliphatic heterocycles. The Bertz CT molecular complexity index is 640. The van der Waals surface area contributed by atoms with Crippen molar-refractivity contribution in [2.45, 2.75) is 6.92 Å². The average molecular weight is 314 g/mol. The predicted molar refractivity (Wildman–Crippen MR) is 80.7 cm³/mol. The maximum absolute atomic E-state index is 12.4. The Kier molecular flexibility index (Phi) is 5.12. The van der Waals surface area contributed by atoms with E-state index in [2.05, 4.69) is 10.2 Å². The van der Waals surface area contributed by atoms with Gasteiger partial charge < -0.3 is 5.73 Å². The van der Waals surface area contributed by atoms with Gasteiger partial charge in [0, 0.05) is 10.7 Å². The molecule has 8 heteroatoms. The van der Waals surface area contributed by atoms with Crippen molar-refractivity contribution in [2.75, 3.05) is 4.90 Å². The molecule has 0 fully saturated rings. The molecule has 1 heterocycles. The van der Waals surface area contributed by atoms with Gasteiger partial charge in [0.05, 0.1) is 17.4 Å². The molecule has 0 bridgehead atoms. The van der Waals surface area contributed by atoms with Crippen LogP contribution in [0.3, 0.4) is 0 Å². The van der Waals surface area contributed by atoms with Crippen molar-refractivity contribution < 1.29 is 4.79 Å². The summed E-state index contributed by atoms with van der Waals surface area (Å²) in [5.74, 6) is -0.811. The van der Waals surface area contributed by atoms with E-state index >= 15 is 0 Å². The SMILES string of the molecule is Cc1[nH]ncc1C(=O)N(C(=N)N)c1cccc(Cl)c1.Cl. The van der Waals surface area contributed by atoms with Crippen LogP contribution in [-0.2, 0) is 0 Å². The molecule has 6 nitrogen and oxygen atoms in total. The van der Waals surface area contributed by atoms with Crippen LogP contribution in [0.5, 0.6) is 0 Å². The Hall–Kier alpha value is -2.05. The highest BCUT2D eigenvalue weighted by Crippen LogP contribution is 2.21. The Balaban J connectivity index is 0.00000200. The molecule has 2 rings (SSSR count). The summed E-state index contributed by atoms with van der Waals surface area (Å²) in [5, 5.41) is 14.5. The number of halogens is 2. The molecule has 0 aliphatic carbocycles. The normalized spacial score (nSPS) is 9.70. The quantitative estimate of drug-likeness (QED) is 0.586. The molecule has 1 aromatic heterocycles. The van der Waals surface area contributed by atoms with E-state index in [9.17, 15) is 4.79 Å². The summed E-state index contributed by atoms with van der Waals surface area (Å²) in [6.45, 7) is 1.72. The zero-order valence-electron chi connectivity index (χ0n) is 10.6. The van der Waals surface area contributed by atoms with E-state index in [1.54, 1.807) is 31.2 Å². The lowest BCUT2D eigenvalue weighted by Crippen LogP contribution is -2.41. The number of anilines is 1. The van der Waals surface area contributed by atoms with Crippen molar-refractivity contribution in [3.63, 3.8) is 0 Å². The van der Waals surface area contributed by atoms with E-state index in [-0.39, 0.29) is 18.4 Å². The Morgan fingerprint density at radius 3 is 2.70 bits per heavy atom. The Morgan fingerprint density at radius 1 is 1.50 bits per heavy atom. The smallest absolute Gasteiger partial charge is 0.268 e. The molecule has 1 amide bonds. The number of hydrogen-bond acceptors (Lipinski definition) is 3. The lowest BCUT2D eigenvalue weighted by molar-refractivity contribution is 0.100. The highest BCUT2D eigenvalue weighted by Gasteiger charge is 2.23. The third kappa shape index (κ3) is 3.09. The number of rotatable bonds is 2. The fourth-order valence-electron chi connectivity index (χ4n) is 1.67. The van der Waals surface area contributed by atoms with Crippen molar-refractivity contribution in [2.24, 2.45) is 5.73 Å². The zero-order chi connectivity index (χ0) is 14.0. The van der Waals surface area contributed by atoms with Crippen LogP contribution in [0, 0.1) is 12.3 Å². The number of nitrogens with zero attached hydrogens (tertiary/aromatic N) is 2. The van der Waals surface area contributed by atoms with Gasteiger partial charge in [-0.15, -0.1) is 12.4 Å². The van der Waals surface area contributed by atoms with Crippen LogP contribution in [0.15, 0.2) is 30.5 Å². The first-order valence-corrected chi connectivity index (χ1v) is 5.82. The fraction of sp³-hybridized carbons (Fsp3) is 0.0833. The molecule has 0 unspecified atom stereocenters. The predicted octanol–water partition coefficient (Wildman–Crippen LogP) is 2.33. The van der Waals surface area contributed by atoms with Gasteiger partial charge >= 0.3 is 0 Å². The summed E-state index contributed by atoms with van der Waals surface area (Å²) < 4.78 is 0. The Labute approximate surface area is 126 Å². The molecular formula is C12H13Cl2N5O. The van der Waals surface area contributed by atoms with Crippen molar-refractivity contribution in [3.8, 4) is 0 Å². The van der Waals surface area contributed by atoms with Gasteiger partial charge in [-0.2, -0.15) is 5.10 Å². The number of nitrogens with two attached hydrogens (primary N) is 1. The third-order valence-corrected chi connectivity index (χ3v) is 2.81. The minimum absolute atomic E-state index is 0. The Morgan fingerprint density at radius 2 is 2.20 bits per heavy atom. The van der Waals surface area contributed by atoms with Crippen LogP contribution in [0.2, 0.25) is 5.02 Å². The van der Waals surface area contributed by atoms with Crippen LogP contribution >= 0.6 is 24.0 Å². The molecule has 20 heavy (non-hydrogen) atoms. The molecule has 0 aliphatic rings. The largest absolute Gasteiger partial charge is 0.369 e. The van der Waals surface area contributed by atoms with Gasteiger partial charge in [-0.25, -0.2) is 4.90 Å². The number of amides is 1. The van der Waals surface area contributed by atoms with E-state index in [1.165, 1.54) is 6.20 Å². The van der Waals surface area contributed by atoms with Crippen molar-refractivity contribution >= 4 is 41.6 Å². The van der Waals surface area contributed by atoms with Gasteiger partial charge in [-0.1, -0.05) is 17.7 Å². The summed E-state index contributed by atoms with van der Waals surface area (Å²) in [4.78, 5) is 13.5. The van der Waals surface area contributed by atoms with Gasteiger partial charge in [-0.3, -0.25) is 15.3 Å². The first-order chi connectivity index (χ1) is 9.00. The molecule has 0 saturated heterocycles. The van der Waals surface area contributed by atoms with E-state index < -0.39 is 5.91 Å². The summed E-state index contributed by atoms with van der Waals surface area (Å²) >= 11 is 5.89. The minimum atomic E-state index is -0.430. The van der Waals surface area contributed by atoms with E-state index in [4.69, 9.17) is 22.7 Å². The second-order valence-corrected chi connectivity index (χ2v) is 4.35. The van der Waals surface area contributed by atoms with Crippen LogP contribution in [0.1, 0.15) is 16.1 Å². The van der Waals surface area contributed by atoms with Crippen molar-refractivity contribution in [1.29, 1.82) is 5.41 Å². The molecule has 0 atom stereocenters. The van der Waals surface area contributed by atoms with Crippen LogP contribution in [-0.4, -0.2) is 22.1 Å². The van der Waals surface area contributed by atoms with E-state index in [1.807, 2.05) is 0 Å². The van der Waals surface area contributed by atoms with Gasteiger partial charge in [0.25, 0.3) is 5.91 Å². The molecule has 0 spiro atoms. The number of aromatic nitrogens is 2. The lowest BCUT2D eigenvalue weighted by Gasteiger charge is -2.20. The standard InChI is InChI=1S/C12H12ClN5O.ClH/c1-7-10(6-16-17-7)11(19)18(12(14)15)9-4-2-3-8(13)5-9;/h2-6H,1H3,(H3,14,15)(H,16,17);1H. The number of guanidine groups is 1. The fourth-order valence-corrected chi connectivity index (χ4v) is 1.85. The van der Waals surface area contributed by atoms with Gasteiger partial charge in [0.2, 0.25) is 0 Å². The number of H-pyrrole nitrogens is 1. The van der Waals surface area contributed by atoms with Crippen LogP contribution < -0.4 is 10.6 Å². The summed E-state index contributed by atoms with van der Waals surface area (Å²) in [7, 11) is 0. The number of aryl methyl sites for hydroxylation is 1. The second-order valence-electron chi connectivity index (χ2n) is 3.91. The topological polar surface area (TPSA) is 98.9 Å². The maximum Gasteiger partial charge on any atom is 0.268 e. The first kappa shape index (κ1) is 16.0. The summed E-state index contributed by atoms with van der Waals surface area (Å²) in [6, 6.07) is 6.58. The molecule has 1 aromatic carbocycles. The molecule has 0 radical (unpaired) electrons. The first-order valence-electron chi connectivity index (χ1n) is 5.44. The average Bonchev–Trinajstić information content (AvgIpc) is 2.75. The van der Waals surface area contributed by atoms with Gasteiger partial charge in [-0.05, 0) is 25.1 Å². The maximum atomic E-state index is 12.4. The van der Waals surface area contributed by atoms with Crippen LogP contribution in [0.25, 0.3) is 0 Å². The lowest BCUT2D eigenvalue weighted by atomic mass is 10.2. The number of carbonyl (C=O) groups excluding carboxylic acids is 1. The molecule has 2 aromatic rings. The highest BCUT2D eigenvalue weighted by molar-refractivity contribution is 6.31. The minimum Gasteiger partial charge on any atom is -0.369 e. The third-order valence-electron chi connectivity index (χ3n) is 2.57. The number of nitrogens with one attached hydrogen (secondary N) is 2. The highest BCUT2D eigenvalue weighted by atomic mass is 35.5. The summed E-state index contributed by atoms with van der Waals surface area (Å²) in [5.41, 5.74) is 6.89. The number of aromatic amines is 1. The van der Waals surface area contributed by atoms with Gasteiger partial charge in [0.1, 0.15) is 0 Å².